The highest BCUT2D eigenvalue weighted by Gasteiger charge is 2.16. The Balaban J connectivity index is 2.81. The first-order valence-corrected chi connectivity index (χ1v) is 6.41. The zero-order valence-electron chi connectivity index (χ0n) is 11.8. The minimum Gasteiger partial charge on any atom is -0.380 e. The smallest absolute Gasteiger partial charge is 0.287 e. The number of aromatic nitrogens is 1. The minimum atomic E-state index is -0.441. The molecule has 1 N–H and O–H groups in total. The number of aryl methyl sites for hydroxylation is 1. The molecule has 0 spiro atoms. The molecule has 0 aliphatic rings. The van der Waals surface area contributed by atoms with Crippen LogP contribution in [0.2, 0.25) is 0 Å². The average Bonchev–Trinajstić information content (AvgIpc) is 2.35. The Morgan fingerprint density at radius 2 is 2.21 bits per heavy atom. The van der Waals surface area contributed by atoms with E-state index < -0.39 is 4.92 Å². The van der Waals surface area contributed by atoms with Crippen molar-refractivity contribution >= 4 is 11.5 Å². The third kappa shape index (κ3) is 4.48. The molecule has 106 valence electrons. The number of pyridine rings is 1. The second kappa shape index (κ2) is 7.04. The van der Waals surface area contributed by atoms with Crippen molar-refractivity contribution in [2.45, 2.75) is 33.7 Å². The first-order valence-electron chi connectivity index (χ1n) is 6.41. The highest BCUT2D eigenvalue weighted by molar-refractivity contribution is 5.48. The van der Waals surface area contributed by atoms with Gasteiger partial charge in [-0.2, -0.15) is 0 Å². The lowest BCUT2D eigenvalue weighted by atomic mass is 10.1. The zero-order chi connectivity index (χ0) is 14.4. The van der Waals surface area contributed by atoms with Crippen molar-refractivity contribution in [3.8, 4) is 0 Å². The van der Waals surface area contributed by atoms with Gasteiger partial charge in [0.2, 0.25) is 0 Å². The molecular formula is C13H21N3O3. The van der Waals surface area contributed by atoms with Gasteiger partial charge in [0.05, 0.1) is 17.6 Å². The maximum Gasteiger partial charge on any atom is 0.287 e. The van der Waals surface area contributed by atoms with Crippen molar-refractivity contribution < 1.29 is 9.66 Å². The van der Waals surface area contributed by atoms with Crippen molar-refractivity contribution in [2.75, 3.05) is 18.5 Å². The van der Waals surface area contributed by atoms with Gasteiger partial charge in [-0.05, 0) is 25.3 Å². The van der Waals surface area contributed by atoms with E-state index in [4.69, 9.17) is 4.74 Å². The molecule has 0 amide bonds. The number of hydrogen-bond donors (Lipinski definition) is 1. The van der Waals surface area contributed by atoms with Gasteiger partial charge in [-0.15, -0.1) is 0 Å². The molecule has 1 atom stereocenters. The minimum absolute atomic E-state index is 0.00829. The van der Waals surface area contributed by atoms with E-state index in [2.05, 4.69) is 24.1 Å². The van der Waals surface area contributed by atoms with E-state index in [1.54, 1.807) is 6.92 Å². The molecule has 0 radical (unpaired) electrons. The summed E-state index contributed by atoms with van der Waals surface area (Å²) < 4.78 is 5.43. The fourth-order valence-electron chi connectivity index (χ4n) is 1.63. The Morgan fingerprint density at radius 1 is 1.53 bits per heavy atom. The van der Waals surface area contributed by atoms with Crippen LogP contribution in [0.3, 0.4) is 0 Å². The summed E-state index contributed by atoms with van der Waals surface area (Å²) in [6.45, 7) is 9.20. The van der Waals surface area contributed by atoms with E-state index in [1.807, 2.05) is 6.92 Å². The third-order valence-corrected chi connectivity index (χ3v) is 2.90. The number of nitrogens with one attached hydrogen (secondary N) is 1. The van der Waals surface area contributed by atoms with Gasteiger partial charge in [-0.1, -0.05) is 13.8 Å². The Bertz CT molecular complexity index is 435. The summed E-state index contributed by atoms with van der Waals surface area (Å²) in [5.74, 6) is 1.05. The van der Waals surface area contributed by atoms with Crippen LogP contribution in [-0.2, 0) is 4.74 Å². The molecule has 0 saturated heterocycles. The lowest BCUT2D eigenvalue weighted by Gasteiger charge is -2.23. The van der Waals surface area contributed by atoms with Crippen LogP contribution in [0, 0.1) is 23.0 Å². The maximum absolute atomic E-state index is 10.7. The second-order valence-corrected chi connectivity index (χ2v) is 4.77. The molecule has 0 aliphatic heterocycles. The fraction of sp³-hybridized carbons (Fsp3) is 0.615. The topological polar surface area (TPSA) is 77.3 Å². The normalized spacial score (nSPS) is 12.5. The number of nitro groups is 1. The second-order valence-electron chi connectivity index (χ2n) is 4.77. The molecule has 1 unspecified atom stereocenters. The van der Waals surface area contributed by atoms with E-state index in [0.29, 0.717) is 24.9 Å². The Hall–Kier alpha value is -1.69. The monoisotopic (exact) mass is 267 g/mol. The molecule has 1 aromatic heterocycles. The van der Waals surface area contributed by atoms with Crippen LogP contribution in [0.5, 0.6) is 0 Å². The van der Waals surface area contributed by atoms with E-state index in [0.717, 1.165) is 5.56 Å². The van der Waals surface area contributed by atoms with Crippen LogP contribution in [0.4, 0.5) is 11.5 Å². The zero-order valence-corrected chi connectivity index (χ0v) is 11.8. The van der Waals surface area contributed by atoms with Crippen LogP contribution in [0.15, 0.2) is 12.3 Å². The summed E-state index contributed by atoms with van der Waals surface area (Å²) in [6.07, 6.45) is 1.27. The Labute approximate surface area is 113 Å². The van der Waals surface area contributed by atoms with Gasteiger partial charge in [0.1, 0.15) is 12.0 Å². The van der Waals surface area contributed by atoms with Crippen LogP contribution in [-0.4, -0.2) is 29.2 Å². The molecule has 0 bridgehead atoms. The molecule has 19 heavy (non-hydrogen) atoms. The molecule has 1 rings (SSSR count). The molecular weight excluding hydrogens is 246 g/mol. The van der Waals surface area contributed by atoms with Crippen LogP contribution in [0.25, 0.3) is 0 Å². The van der Waals surface area contributed by atoms with E-state index in [-0.39, 0.29) is 11.7 Å². The summed E-state index contributed by atoms with van der Waals surface area (Å²) in [5, 5.41) is 14.0. The summed E-state index contributed by atoms with van der Waals surface area (Å²) in [7, 11) is 0. The molecule has 0 fully saturated rings. The van der Waals surface area contributed by atoms with Gasteiger partial charge in [0.15, 0.2) is 0 Å². The van der Waals surface area contributed by atoms with E-state index in [1.165, 1.54) is 12.3 Å². The highest BCUT2D eigenvalue weighted by atomic mass is 16.6. The first kappa shape index (κ1) is 15.4. The van der Waals surface area contributed by atoms with Gasteiger partial charge in [0.25, 0.3) is 5.69 Å². The summed E-state index contributed by atoms with van der Waals surface area (Å²) >= 11 is 0. The molecule has 6 nitrogen and oxygen atoms in total. The summed E-state index contributed by atoms with van der Waals surface area (Å²) in [6, 6.07) is 1.65. The number of ether oxygens (including phenoxy) is 1. The summed E-state index contributed by atoms with van der Waals surface area (Å²) in [5.41, 5.74) is 0.769. The predicted octanol–water partition coefficient (Wildman–Crippen LogP) is 2.77. The predicted molar refractivity (Wildman–Crippen MR) is 74.4 cm³/mol. The van der Waals surface area contributed by atoms with E-state index >= 15 is 0 Å². The number of nitrogens with zero attached hydrogens (tertiary/aromatic N) is 2. The first-order chi connectivity index (χ1) is 8.95. The lowest BCUT2D eigenvalue weighted by molar-refractivity contribution is -0.385. The maximum atomic E-state index is 10.7. The Kier molecular flexibility index (Phi) is 5.69. The standard InChI is InChI=1S/C13H21N3O3/c1-5-19-8-12(9(2)3)15-13-10(4)6-11(7-14-13)16(17)18/h6-7,9,12H,5,8H2,1-4H3,(H,14,15). The van der Waals surface area contributed by atoms with Gasteiger partial charge >= 0.3 is 0 Å². The van der Waals surface area contributed by atoms with E-state index in [9.17, 15) is 10.1 Å². The molecule has 0 saturated carbocycles. The number of hydrogen-bond acceptors (Lipinski definition) is 5. The molecule has 0 aliphatic carbocycles. The number of rotatable bonds is 7. The van der Waals surface area contributed by atoms with Crippen molar-refractivity contribution in [3.63, 3.8) is 0 Å². The van der Waals surface area contributed by atoms with Crippen molar-refractivity contribution in [1.29, 1.82) is 0 Å². The van der Waals surface area contributed by atoms with Gasteiger partial charge in [-0.3, -0.25) is 10.1 Å². The molecule has 6 heteroatoms. The number of anilines is 1. The van der Waals surface area contributed by atoms with Crippen molar-refractivity contribution in [1.82, 2.24) is 4.98 Å². The summed E-state index contributed by atoms with van der Waals surface area (Å²) in [4.78, 5) is 14.3. The SMILES string of the molecule is CCOCC(Nc1ncc([N+](=O)[O-])cc1C)C(C)C. The highest BCUT2D eigenvalue weighted by Crippen LogP contribution is 2.20. The molecule has 0 aromatic carbocycles. The van der Waals surface area contributed by atoms with Crippen LogP contribution < -0.4 is 5.32 Å². The quantitative estimate of drug-likeness (QED) is 0.607. The lowest BCUT2D eigenvalue weighted by Crippen LogP contribution is -2.31. The van der Waals surface area contributed by atoms with Gasteiger partial charge in [-0.25, -0.2) is 4.98 Å². The van der Waals surface area contributed by atoms with Crippen molar-refractivity contribution in [3.05, 3.63) is 27.9 Å². The van der Waals surface area contributed by atoms with Crippen LogP contribution in [0.1, 0.15) is 26.3 Å². The van der Waals surface area contributed by atoms with Crippen LogP contribution >= 0.6 is 0 Å². The molecule has 1 aromatic rings. The third-order valence-electron chi connectivity index (χ3n) is 2.90. The van der Waals surface area contributed by atoms with Gasteiger partial charge < -0.3 is 10.1 Å². The average molecular weight is 267 g/mol. The Morgan fingerprint density at radius 3 is 2.68 bits per heavy atom. The van der Waals surface area contributed by atoms with Crippen molar-refractivity contribution in [2.24, 2.45) is 5.92 Å². The van der Waals surface area contributed by atoms with Gasteiger partial charge in [0, 0.05) is 12.7 Å². The molecule has 1 heterocycles. The fourth-order valence-corrected chi connectivity index (χ4v) is 1.63. The largest absolute Gasteiger partial charge is 0.380 e.